The molecular formula is C35H47N5O7S. The van der Waals surface area contributed by atoms with E-state index >= 15 is 0 Å². The van der Waals surface area contributed by atoms with E-state index in [4.69, 9.17) is 10.2 Å². The summed E-state index contributed by atoms with van der Waals surface area (Å²) in [5, 5.41) is 26.6. The van der Waals surface area contributed by atoms with Gasteiger partial charge in [0.1, 0.15) is 6.42 Å². The van der Waals surface area contributed by atoms with Gasteiger partial charge in [0, 0.05) is 52.2 Å². The number of sulfone groups is 1. The van der Waals surface area contributed by atoms with Crippen molar-refractivity contribution in [3.05, 3.63) is 77.2 Å². The van der Waals surface area contributed by atoms with Crippen molar-refractivity contribution >= 4 is 44.3 Å². The van der Waals surface area contributed by atoms with Crippen molar-refractivity contribution in [1.82, 2.24) is 20.1 Å². The van der Waals surface area contributed by atoms with Crippen LogP contribution in [0.25, 0.3) is 10.9 Å². The molecule has 48 heavy (non-hydrogen) atoms. The quantitative estimate of drug-likeness (QED) is 0.0873. The van der Waals surface area contributed by atoms with Crippen molar-refractivity contribution in [3.63, 3.8) is 0 Å². The average molecular weight is 682 g/mol. The number of aromatic nitrogens is 3. The first-order chi connectivity index (χ1) is 22.7. The third-order valence-electron chi connectivity index (χ3n) is 7.90. The van der Waals surface area contributed by atoms with E-state index in [1.165, 1.54) is 29.0 Å². The van der Waals surface area contributed by atoms with Gasteiger partial charge in [0.25, 0.3) is 5.91 Å². The number of carboxylic acid groups (broad SMARTS) is 2. The lowest BCUT2D eigenvalue weighted by atomic mass is 10.0. The van der Waals surface area contributed by atoms with E-state index < -0.39 is 28.2 Å². The summed E-state index contributed by atoms with van der Waals surface area (Å²) in [6.07, 6.45) is 8.14. The van der Waals surface area contributed by atoms with Crippen LogP contribution < -0.4 is 5.32 Å². The SMILES string of the molecule is CCCCc1[nH]c2ccc(NC(=O)c3ccc(S(=O)(=O)CC(C)C)cc3)cc2c1CCN(C)C(CC)c1cn[nH]c1.O=C(O)CC(=O)O. The van der Waals surface area contributed by atoms with Gasteiger partial charge >= 0.3 is 11.9 Å². The monoisotopic (exact) mass is 681 g/mol. The number of rotatable bonds is 16. The van der Waals surface area contributed by atoms with Crippen molar-refractivity contribution in [2.45, 2.75) is 77.2 Å². The molecule has 13 heteroatoms. The zero-order valence-electron chi connectivity index (χ0n) is 28.2. The van der Waals surface area contributed by atoms with Gasteiger partial charge in [0.2, 0.25) is 0 Å². The van der Waals surface area contributed by atoms with Gasteiger partial charge in [-0.15, -0.1) is 0 Å². The maximum Gasteiger partial charge on any atom is 0.314 e. The summed E-state index contributed by atoms with van der Waals surface area (Å²) in [4.78, 5) is 38.2. The molecule has 2 heterocycles. The van der Waals surface area contributed by atoms with E-state index in [-0.39, 0.29) is 22.5 Å². The lowest BCUT2D eigenvalue weighted by Crippen LogP contribution is -2.26. The molecule has 0 bridgehead atoms. The zero-order valence-corrected chi connectivity index (χ0v) is 29.1. The molecule has 2 aromatic heterocycles. The predicted molar refractivity (Wildman–Crippen MR) is 186 cm³/mol. The molecule has 4 rings (SSSR count). The Hall–Kier alpha value is -4.49. The number of carboxylic acids is 2. The van der Waals surface area contributed by atoms with E-state index in [0.29, 0.717) is 17.3 Å². The number of hydrogen-bond donors (Lipinski definition) is 5. The highest BCUT2D eigenvalue weighted by molar-refractivity contribution is 7.91. The predicted octanol–water partition coefficient (Wildman–Crippen LogP) is 6.09. The second-order valence-corrected chi connectivity index (χ2v) is 14.3. The number of likely N-dealkylation sites (N-methyl/N-ethyl adjacent to an activating group) is 1. The number of anilines is 1. The highest BCUT2D eigenvalue weighted by Crippen LogP contribution is 2.29. The minimum Gasteiger partial charge on any atom is -0.481 e. The minimum absolute atomic E-state index is 0.0311. The summed E-state index contributed by atoms with van der Waals surface area (Å²) in [5.41, 5.74) is 5.92. The second kappa shape index (κ2) is 17.6. The molecule has 1 unspecified atom stereocenters. The van der Waals surface area contributed by atoms with Crippen LogP contribution in [-0.2, 0) is 32.3 Å². The van der Waals surface area contributed by atoms with Gasteiger partial charge in [-0.2, -0.15) is 5.10 Å². The Bertz CT molecular complexity index is 1750. The molecule has 260 valence electrons. The molecular weight excluding hydrogens is 634 g/mol. The number of nitrogens with zero attached hydrogens (tertiary/aromatic N) is 2. The number of hydrogen-bond acceptors (Lipinski definition) is 7. The molecule has 12 nitrogen and oxygen atoms in total. The summed E-state index contributed by atoms with van der Waals surface area (Å²) in [6, 6.07) is 12.5. The normalized spacial score (nSPS) is 12.1. The van der Waals surface area contributed by atoms with Gasteiger partial charge in [0.05, 0.1) is 16.8 Å². The first-order valence-corrected chi connectivity index (χ1v) is 17.8. The third kappa shape index (κ3) is 10.8. The van der Waals surface area contributed by atoms with Gasteiger partial charge < -0.3 is 20.5 Å². The topological polar surface area (TPSA) is 186 Å². The summed E-state index contributed by atoms with van der Waals surface area (Å²) in [6.45, 7) is 9.03. The van der Waals surface area contributed by atoms with Crippen molar-refractivity contribution in [2.75, 3.05) is 24.7 Å². The number of unbranched alkanes of at least 4 members (excludes halogenated alkanes) is 1. The average Bonchev–Trinajstić information content (AvgIpc) is 3.66. The van der Waals surface area contributed by atoms with Crippen LogP contribution >= 0.6 is 0 Å². The fourth-order valence-corrected chi connectivity index (χ4v) is 7.22. The highest BCUT2D eigenvalue weighted by Gasteiger charge is 2.20. The van der Waals surface area contributed by atoms with Crippen LogP contribution in [-0.4, -0.2) is 75.9 Å². The van der Waals surface area contributed by atoms with Crippen molar-refractivity contribution in [3.8, 4) is 0 Å². The van der Waals surface area contributed by atoms with E-state index in [1.54, 1.807) is 12.1 Å². The Labute approximate surface area is 281 Å². The molecule has 0 spiro atoms. The molecule has 1 atom stereocenters. The molecule has 0 radical (unpaired) electrons. The van der Waals surface area contributed by atoms with Crippen molar-refractivity contribution in [1.29, 1.82) is 0 Å². The number of carbonyl (C=O) groups excluding carboxylic acids is 1. The molecule has 1 amide bonds. The fourth-order valence-electron chi connectivity index (χ4n) is 5.60. The molecule has 0 saturated heterocycles. The van der Waals surface area contributed by atoms with E-state index in [0.717, 1.165) is 49.6 Å². The zero-order chi connectivity index (χ0) is 35.4. The first kappa shape index (κ1) is 38.0. The molecule has 0 aliphatic carbocycles. The van der Waals surface area contributed by atoms with Gasteiger partial charge in [-0.05, 0) is 86.7 Å². The Kier molecular flexibility index (Phi) is 13.9. The lowest BCUT2D eigenvalue weighted by molar-refractivity contribution is -0.147. The summed E-state index contributed by atoms with van der Waals surface area (Å²) in [7, 11) is -1.21. The van der Waals surface area contributed by atoms with Crippen LogP contribution in [0.4, 0.5) is 5.69 Å². The molecule has 0 saturated carbocycles. The van der Waals surface area contributed by atoms with E-state index in [9.17, 15) is 22.8 Å². The number of aryl methyl sites for hydroxylation is 1. The number of amides is 1. The Morgan fingerprint density at radius 1 is 1.00 bits per heavy atom. The van der Waals surface area contributed by atoms with Gasteiger partial charge in [-0.1, -0.05) is 34.1 Å². The molecule has 0 fully saturated rings. The van der Waals surface area contributed by atoms with Crippen LogP contribution in [0.2, 0.25) is 0 Å². The number of benzene rings is 2. The largest absolute Gasteiger partial charge is 0.481 e. The molecule has 0 aliphatic heterocycles. The third-order valence-corrected chi connectivity index (χ3v) is 10.00. The lowest BCUT2D eigenvalue weighted by Gasteiger charge is -2.26. The molecule has 4 aromatic rings. The number of aliphatic carboxylic acids is 2. The van der Waals surface area contributed by atoms with Crippen LogP contribution in [0.15, 0.2) is 59.8 Å². The maximum atomic E-state index is 13.1. The van der Waals surface area contributed by atoms with Crippen molar-refractivity contribution in [2.24, 2.45) is 5.92 Å². The van der Waals surface area contributed by atoms with Gasteiger partial charge in [0.15, 0.2) is 9.84 Å². The van der Waals surface area contributed by atoms with Gasteiger partial charge in [-0.3, -0.25) is 24.4 Å². The summed E-state index contributed by atoms with van der Waals surface area (Å²) in [5.74, 6) is -2.79. The standard InChI is InChI=1S/C32H43N5O3S.C3H4O4/c1-6-8-9-29-27(16-17-37(5)31(7-2)24-19-33-34-20-24)28-18-25(12-15-30(28)36-29)35-32(38)23-10-13-26(14-11-23)41(39,40)21-22(3)4;4-2(5)1-3(6)7/h10-15,18-20,22,31,36H,6-9,16-17,21H2,1-5H3,(H,33,34)(H,35,38);1H2,(H,4,5)(H,6,7). The van der Waals surface area contributed by atoms with Crippen LogP contribution in [0.1, 0.15) is 86.6 Å². The van der Waals surface area contributed by atoms with Crippen LogP contribution in [0.5, 0.6) is 0 Å². The minimum atomic E-state index is -3.37. The number of nitrogens with one attached hydrogen (secondary N) is 3. The van der Waals surface area contributed by atoms with Crippen LogP contribution in [0, 0.1) is 5.92 Å². The Morgan fingerprint density at radius 3 is 2.23 bits per heavy atom. The molecule has 0 aliphatic rings. The molecule has 2 aromatic carbocycles. The number of aromatic amines is 2. The Balaban J connectivity index is 0.000000804. The smallest absolute Gasteiger partial charge is 0.314 e. The first-order valence-electron chi connectivity index (χ1n) is 16.2. The highest BCUT2D eigenvalue weighted by atomic mass is 32.2. The van der Waals surface area contributed by atoms with Crippen LogP contribution in [0.3, 0.4) is 0 Å². The van der Waals surface area contributed by atoms with Crippen molar-refractivity contribution < 1.29 is 33.0 Å². The second-order valence-electron chi connectivity index (χ2n) is 12.3. The summed E-state index contributed by atoms with van der Waals surface area (Å²) >= 11 is 0. The number of fused-ring (bicyclic) bond motifs is 1. The number of H-pyrrole nitrogens is 2. The van der Waals surface area contributed by atoms with Gasteiger partial charge in [-0.25, -0.2) is 8.42 Å². The summed E-state index contributed by atoms with van der Waals surface area (Å²) < 4.78 is 25.1. The van der Waals surface area contributed by atoms with E-state index in [1.807, 2.05) is 44.4 Å². The van der Waals surface area contributed by atoms with E-state index in [2.05, 4.69) is 46.3 Å². The fraction of sp³-hybridized carbons (Fsp3) is 0.429. The Morgan fingerprint density at radius 2 is 1.69 bits per heavy atom. The number of carbonyl (C=O) groups is 3. The molecule has 5 N–H and O–H groups in total. The maximum absolute atomic E-state index is 13.1.